The van der Waals surface area contributed by atoms with E-state index in [9.17, 15) is 9.59 Å². The van der Waals surface area contributed by atoms with E-state index in [0.29, 0.717) is 37.4 Å². The Balaban J connectivity index is 1.95. The first kappa shape index (κ1) is 15.9. The number of amides is 2. The van der Waals surface area contributed by atoms with Gasteiger partial charge >= 0.3 is 0 Å². The van der Waals surface area contributed by atoms with E-state index < -0.39 is 5.91 Å². The van der Waals surface area contributed by atoms with Gasteiger partial charge in [0.1, 0.15) is 12.4 Å². The van der Waals surface area contributed by atoms with E-state index in [4.69, 9.17) is 9.94 Å². The van der Waals surface area contributed by atoms with E-state index in [0.717, 1.165) is 0 Å². The van der Waals surface area contributed by atoms with Gasteiger partial charge < -0.3 is 9.64 Å². The number of carbonyl (C=O) groups excluding carboxylic acids is 2. The molecule has 1 aliphatic rings. The quantitative estimate of drug-likeness (QED) is 0.495. The van der Waals surface area contributed by atoms with Gasteiger partial charge in [-0.1, -0.05) is 5.92 Å². The molecule has 1 aliphatic heterocycles. The molecule has 6 heteroatoms. The molecule has 6 nitrogen and oxygen atoms in total. The molecule has 0 bridgehead atoms. The Hall–Kier alpha value is -2.52. The molecule has 1 atom stereocenters. The standard InChI is InChI=1S/C16H18N2O4/c1-2-3-10-22-14-6-4-12(5-7-14)16(20)18-9-8-13(11-18)15(19)17-21/h4-7,13,21H,8-11H2,1H3,(H,17,19). The van der Waals surface area contributed by atoms with Gasteiger partial charge in [-0.2, -0.15) is 0 Å². The largest absolute Gasteiger partial charge is 0.481 e. The first-order chi connectivity index (χ1) is 10.7. The number of hydrogen-bond acceptors (Lipinski definition) is 4. The number of rotatable bonds is 4. The number of likely N-dealkylation sites (tertiary alicyclic amines) is 1. The summed E-state index contributed by atoms with van der Waals surface area (Å²) in [7, 11) is 0. The molecule has 1 unspecified atom stereocenters. The van der Waals surface area contributed by atoms with E-state index in [1.54, 1.807) is 41.6 Å². The average Bonchev–Trinajstić information content (AvgIpc) is 3.04. The van der Waals surface area contributed by atoms with Crippen molar-refractivity contribution in [3.63, 3.8) is 0 Å². The Morgan fingerprint density at radius 3 is 2.77 bits per heavy atom. The molecule has 2 N–H and O–H groups in total. The number of benzene rings is 1. The first-order valence-electron chi connectivity index (χ1n) is 7.01. The van der Waals surface area contributed by atoms with Crippen LogP contribution in [0.2, 0.25) is 0 Å². The van der Waals surface area contributed by atoms with Crippen molar-refractivity contribution >= 4 is 11.8 Å². The fourth-order valence-electron chi connectivity index (χ4n) is 2.32. The minimum atomic E-state index is -0.448. The minimum Gasteiger partial charge on any atom is -0.481 e. The normalized spacial score (nSPS) is 16.6. The van der Waals surface area contributed by atoms with Gasteiger partial charge in [0.15, 0.2) is 0 Å². The summed E-state index contributed by atoms with van der Waals surface area (Å²) in [6, 6.07) is 6.82. The molecule has 1 saturated heterocycles. The summed E-state index contributed by atoms with van der Waals surface area (Å²) in [5.74, 6) is 5.25. The predicted molar refractivity (Wildman–Crippen MR) is 79.3 cm³/mol. The van der Waals surface area contributed by atoms with Gasteiger partial charge in [0.05, 0.1) is 5.92 Å². The van der Waals surface area contributed by atoms with Crippen LogP contribution in [0.3, 0.4) is 0 Å². The molecule has 1 fully saturated rings. The van der Waals surface area contributed by atoms with Crippen LogP contribution in [-0.4, -0.2) is 41.6 Å². The summed E-state index contributed by atoms with van der Waals surface area (Å²) < 4.78 is 5.39. The topological polar surface area (TPSA) is 78.9 Å². The number of hydroxylamine groups is 1. The molecule has 2 amide bonds. The second-order valence-electron chi connectivity index (χ2n) is 4.95. The van der Waals surface area contributed by atoms with E-state index in [-0.39, 0.29) is 11.8 Å². The van der Waals surface area contributed by atoms with Crippen LogP contribution in [0.5, 0.6) is 5.75 Å². The van der Waals surface area contributed by atoms with Crippen molar-refractivity contribution in [1.82, 2.24) is 10.4 Å². The van der Waals surface area contributed by atoms with E-state index in [1.165, 1.54) is 0 Å². The van der Waals surface area contributed by atoms with Crippen LogP contribution < -0.4 is 10.2 Å². The molecule has 116 valence electrons. The second kappa shape index (κ2) is 7.48. The fourth-order valence-corrected chi connectivity index (χ4v) is 2.32. The van der Waals surface area contributed by atoms with Gasteiger partial charge in [-0.25, -0.2) is 5.48 Å². The summed E-state index contributed by atoms with van der Waals surface area (Å²) in [5, 5.41) is 8.63. The lowest BCUT2D eigenvalue weighted by Gasteiger charge is -2.16. The zero-order valence-electron chi connectivity index (χ0n) is 12.3. The minimum absolute atomic E-state index is 0.131. The van der Waals surface area contributed by atoms with Crippen molar-refractivity contribution in [1.29, 1.82) is 0 Å². The summed E-state index contributed by atoms with van der Waals surface area (Å²) in [5.41, 5.74) is 2.17. The number of hydrogen-bond donors (Lipinski definition) is 2. The third-order valence-corrected chi connectivity index (χ3v) is 3.55. The van der Waals surface area contributed by atoms with Crippen LogP contribution >= 0.6 is 0 Å². The lowest BCUT2D eigenvalue weighted by Crippen LogP contribution is -2.33. The lowest BCUT2D eigenvalue weighted by atomic mass is 10.1. The van der Waals surface area contributed by atoms with Crippen molar-refractivity contribution < 1.29 is 19.5 Å². The van der Waals surface area contributed by atoms with Crippen LogP contribution in [-0.2, 0) is 4.79 Å². The maximum absolute atomic E-state index is 12.3. The third kappa shape index (κ3) is 3.77. The van der Waals surface area contributed by atoms with Crippen LogP contribution in [0.25, 0.3) is 0 Å². The maximum atomic E-state index is 12.3. The average molecular weight is 302 g/mol. The Labute approximate surface area is 129 Å². The molecule has 2 rings (SSSR count). The van der Waals surface area contributed by atoms with Crippen LogP contribution in [0.15, 0.2) is 24.3 Å². The number of ether oxygens (including phenoxy) is 1. The monoisotopic (exact) mass is 302 g/mol. The van der Waals surface area contributed by atoms with E-state index in [2.05, 4.69) is 11.8 Å². The molecule has 0 aliphatic carbocycles. The Kier molecular flexibility index (Phi) is 5.39. The number of carbonyl (C=O) groups is 2. The second-order valence-corrected chi connectivity index (χ2v) is 4.95. The molecule has 22 heavy (non-hydrogen) atoms. The van der Waals surface area contributed by atoms with Crippen molar-refractivity contribution in [2.45, 2.75) is 13.3 Å². The fraction of sp³-hybridized carbons (Fsp3) is 0.375. The van der Waals surface area contributed by atoms with E-state index in [1.807, 2.05) is 0 Å². The van der Waals surface area contributed by atoms with Gasteiger partial charge in [0, 0.05) is 18.7 Å². The van der Waals surface area contributed by atoms with Gasteiger partial charge in [-0.05, 0) is 37.6 Å². The third-order valence-electron chi connectivity index (χ3n) is 3.55. The summed E-state index contributed by atoms with van der Waals surface area (Å²) in [6.07, 6.45) is 0.551. The zero-order valence-corrected chi connectivity index (χ0v) is 12.3. The zero-order chi connectivity index (χ0) is 15.9. The highest BCUT2D eigenvalue weighted by atomic mass is 16.5. The molecular weight excluding hydrogens is 284 g/mol. The SMILES string of the molecule is CC#CCOc1ccc(C(=O)N2CCC(C(=O)NO)C2)cc1. The highest BCUT2D eigenvalue weighted by Gasteiger charge is 2.31. The Morgan fingerprint density at radius 2 is 2.14 bits per heavy atom. The number of nitrogens with zero attached hydrogens (tertiary/aromatic N) is 1. The maximum Gasteiger partial charge on any atom is 0.253 e. The highest BCUT2D eigenvalue weighted by Crippen LogP contribution is 2.20. The molecule has 1 aromatic rings. The molecule has 0 radical (unpaired) electrons. The molecule has 1 heterocycles. The Morgan fingerprint density at radius 1 is 1.41 bits per heavy atom. The highest BCUT2D eigenvalue weighted by molar-refractivity contribution is 5.95. The van der Waals surface area contributed by atoms with Crippen LogP contribution in [0.1, 0.15) is 23.7 Å². The van der Waals surface area contributed by atoms with Gasteiger partial charge in [0.25, 0.3) is 5.91 Å². The summed E-state index contributed by atoms with van der Waals surface area (Å²) in [4.78, 5) is 25.3. The number of nitrogens with one attached hydrogen (secondary N) is 1. The molecule has 0 aromatic heterocycles. The van der Waals surface area contributed by atoms with Crippen molar-refractivity contribution in [2.24, 2.45) is 5.92 Å². The van der Waals surface area contributed by atoms with Gasteiger partial charge in [-0.3, -0.25) is 14.8 Å². The summed E-state index contributed by atoms with van der Waals surface area (Å²) in [6.45, 7) is 2.87. The molecular formula is C16H18N2O4. The Bertz CT molecular complexity index is 601. The molecule has 0 saturated carbocycles. The first-order valence-corrected chi connectivity index (χ1v) is 7.01. The van der Waals surface area contributed by atoms with Crippen LogP contribution in [0, 0.1) is 17.8 Å². The smallest absolute Gasteiger partial charge is 0.253 e. The lowest BCUT2D eigenvalue weighted by molar-refractivity contribution is -0.132. The van der Waals surface area contributed by atoms with Crippen LogP contribution in [0.4, 0.5) is 0 Å². The summed E-state index contributed by atoms with van der Waals surface area (Å²) >= 11 is 0. The van der Waals surface area contributed by atoms with Crippen molar-refractivity contribution in [3.05, 3.63) is 29.8 Å². The predicted octanol–water partition coefficient (Wildman–Crippen LogP) is 1.06. The van der Waals surface area contributed by atoms with Gasteiger partial charge in [-0.15, -0.1) is 5.92 Å². The molecule has 0 spiro atoms. The van der Waals surface area contributed by atoms with Crippen molar-refractivity contribution in [3.8, 4) is 17.6 Å². The molecule has 1 aromatic carbocycles. The van der Waals surface area contributed by atoms with E-state index >= 15 is 0 Å². The van der Waals surface area contributed by atoms with Gasteiger partial charge in [0.2, 0.25) is 5.91 Å². The van der Waals surface area contributed by atoms with Crippen molar-refractivity contribution in [2.75, 3.05) is 19.7 Å².